The number of aryl methyl sites for hydroxylation is 2. The van der Waals surface area contributed by atoms with Gasteiger partial charge in [0.2, 0.25) is 10.0 Å². The predicted octanol–water partition coefficient (Wildman–Crippen LogP) is 1.72. The quantitative estimate of drug-likeness (QED) is 0.887. The number of rotatable bonds is 3. The molecule has 0 spiro atoms. The van der Waals surface area contributed by atoms with Gasteiger partial charge in [0.05, 0.1) is 4.90 Å². The molecule has 1 atom stereocenters. The molecule has 106 valence electrons. The van der Waals surface area contributed by atoms with Crippen LogP contribution in [0.4, 0.5) is 0 Å². The van der Waals surface area contributed by atoms with Crippen LogP contribution >= 0.6 is 0 Å². The number of hydrogen-bond donors (Lipinski definition) is 2. The summed E-state index contributed by atoms with van der Waals surface area (Å²) in [5, 5.41) is 3.28. The molecular weight excluding hydrogens is 260 g/mol. The summed E-state index contributed by atoms with van der Waals surface area (Å²) in [6.07, 6.45) is 2.77. The first-order valence-corrected chi connectivity index (χ1v) is 8.28. The highest BCUT2D eigenvalue weighted by Crippen LogP contribution is 2.16. The predicted molar refractivity (Wildman–Crippen MR) is 76.7 cm³/mol. The third-order valence-electron chi connectivity index (χ3n) is 3.69. The monoisotopic (exact) mass is 282 g/mol. The van der Waals surface area contributed by atoms with Gasteiger partial charge in [-0.15, -0.1) is 0 Å². The van der Waals surface area contributed by atoms with Crippen molar-refractivity contribution in [3.05, 3.63) is 29.3 Å². The lowest BCUT2D eigenvalue weighted by Crippen LogP contribution is -2.35. The molecule has 2 rings (SSSR count). The minimum Gasteiger partial charge on any atom is -0.317 e. The van der Waals surface area contributed by atoms with Crippen LogP contribution in [-0.4, -0.2) is 27.5 Å². The second-order valence-corrected chi connectivity index (χ2v) is 6.96. The van der Waals surface area contributed by atoms with Crippen molar-refractivity contribution in [2.24, 2.45) is 0 Å². The maximum Gasteiger partial charge on any atom is 0.240 e. The number of benzene rings is 1. The van der Waals surface area contributed by atoms with Crippen LogP contribution in [0.2, 0.25) is 0 Å². The van der Waals surface area contributed by atoms with Crippen LogP contribution < -0.4 is 10.0 Å². The van der Waals surface area contributed by atoms with Gasteiger partial charge in [0.1, 0.15) is 0 Å². The van der Waals surface area contributed by atoms with Crippen LogP contribution in [0, 0.1) is 13.8 Å². The van der Waals surface area contributed by atoms with Crippen molar-refractivity contribution < 1.29 is 8.42 Å². The van der Waals surface area contributed by atoms with Gasteiger partial charge < -0.3 is 5.32 Å². The Labute approximate surface area is 115 Å². The zero-order valence-corrected chi connectivity index (χ0v) is 12.4. The van der Waals surface area contributed by atoms with Crippen molar-refractivity contribution in [3.63, 3.8) is 0 Å². The maximum atomic E-state index is 12.3. The normalized spacial score (nSPS) is 21.1. The Bertz CT molecular complexity index is 532. The third-order valence-corrected chi connectivity index (χ3v) is 5.20. The van der Waals surface area contributed by atoms with Crippen LogP contribution in [0.1, 0.15) is 30.4 Å². The van der Waals surface area contributed by atoms with E-state index in [2.05, 4.69) is 10.0 Å². The molecule has 2 N–H and O–H groups in total. The molecular formula is C14H22N2O2S. The smallest absolute Gasteiger partial charge is 0.240 e. The number of hydrogen-bond acceptors (Lipinski definition) is 3. The van der Waals surface area contributed by atoms with Gasteiger partial charge in [-0.05, 0) is 69.5 Å². The highest BCUT2D eigenvalue weighted by Gasteiger charge is 2.21. The van der Waals surface area contributed by atoms with Gasteiger partial charge in [0.15, 0.2) is 0 Å². The average molecular weight is 282 g/mol. The summed E-state index contributed by atoms with van der Waals surface area (Å²) < 4.78 is 27.5. The Balaban J connectivity index is 2.14. The highest BCUT2D eigenvalue weighted by atomic mass is 32.2. The summed E-state index contributed by atoms with van der Waals surface area (Å²) >= 11 is 0. The molecule has 1 aliphatic rings. The lowest BCUT2D eigenvalue weighted by Gasteiger charge is -2.16. The zero-order chi connectivity index (χ0) is 13.9. The van der Waals surface area contributed by atoms with Gasteiger partial charge in [-0.25, -0.2) is 13.1 Å². The molecule has 1 aliphatic heterocycles. The molecule has 1 saturated heterocycles. The fourth-order valence-corrected chi connectivity index (χ4v) is 3.70. The maximum absolute atomic E-state index is 12.3. The molecule has 4 nitrogen and oxygen atoms in total. The van der Waals surface area contributed by atoms with Crippen LogP contribution in [0.15, 0.2) is 23.1 Å². The van der Waals surface area contributed by atoms with E-state index in [1.165, 1.54) is 0 Å². The molecule has 1 heterocycles. The topological polar surface area (TPSA) is 58.2 Å². The summed E-state index contributed by atoms with van der Waals surface area (Å²) in [4.78, 5) is 0.368. The van der Waals surface area contributed by atoms with E-state index in [4.69, 9.17) is 0 Å². The van der Waals surface area contributed by atoms with Crippen LogP contribution in [-0.2, 0) is 10.0 Å². The van der Waals surface area contributed by atoms with Crippen molar-refractivity contribution in [2.75, 3.05) is 13.1 Å². The van der Waals surface area contributed by atoms with Crippen molar-refractivity contribution in [2.45, 2.75) is 44.0 Å². The molecule has 0 bridgehead atoms. The SMILES string of the molecule is Cc1ccc(S(=O)(=O)NC2CCCNCC2)cc1C. The van der Waals surface area contributed by atoms with E-state index in [9.17, 15) is 8.42 Å². The molecule has 19 heavy (non-hydrogen) atoms. The summed E-state index contributed by atoms with van der Waals surface area (Å²) in [5.74, 6) is 0. The fourth-order valence-electron chi connectivity index (χ4n) is 2.31. The second-order valence-electron chi connectivity index (χ2n) is 5.25. The highest BCUT2D eigenvalue weighted by molar-refractivity contribution is 7.89. The first-order valence-electron chi connectivity index (χ1n) is 6.79. The Kier molecular flexibility index (Phi) is 4.60. The Hall–Kier alpha value is -0.910. The van der Waals surface area contributed by atoms with Crippen molar-refractivity contribution >= 4 is 10.0 Å². The lowest BCUT2D eigenvalue weighted by molar-refractivity contribution is 0.518. The molecule has 0 amide bonds. The molecule has 0 radical (unpaired) electrons. The Morgan fingerprint density at radius 3 is 2.68 bits per heavy atom. The van der Waals surface area contributed by atoms with E-state index < -0.39 is 10.0 Å². The second kappa shape index (κ2) is 6.03. The first-order chi connectivity index (χ1) is 8.99. The summed E-state index contributed by atoms with van der Waals surface area (Å²) in [6.45, 7) is 5.77. The molecule has 0 aromatic heterocycles. The standard InChI is InChI=1S/C14H22N2O2S/c1-11-5-6-14(10-12(11)2)19(17,18)16-13-4-3-8-15-9-7-13/h5-6,10,13,15-16H,3-4,7-9H2,1-2H3. The third kappa shape index (κ3) is 3.78. The van der Waals surface area contributed by atoms with Crippen LogP contribution in [0.25, 0.3) is 0 Å². The largest absolute Gasteiger partial charge is 0.317 e. The van der Waals surface area contributed by atoms with Gasteiger partial charge in [-0.3, -0.25) is 0 Å². The van der Waals surface area contributed by atoms with E-state index in [1.54, 1.807) is 12.1 Å². The minimum atomic E-state index is -3.39. The van der Waals surface area contributed by atoms with E-state index in [1.807, 2.05) is 19.9 Å². The molecule has 0 aliphatic carbocycles. The van der Waals surface area contributed by atoms with Crippen molar-refractivity contribution in [3.8, 4) is 0 Å². The fraction of sp³-hybridized carbons (Fsp3) is 0.571. The first kappa shape index (κ1) is 14.5. The van der Waals surface area contributed by atoms with Gasteiger partial charge in [0.25, 0.3) is 0 Å². The molecule has 1 aromatic carbocycles. The molecule has 1 unspecified atom stereocenters. The van der Waals surface area contributed by atoms with Gasteiger partial charge in [-0.1, -0.05) is 6.07 Å². The van der Waals surface area contributed by atoms with E-state index in [-0.39, 0.29) is 6.04 Å². The summed E-state index contributed by atoms with van der Waals surface area (Å²) in [6, 6.07) is 5.33. The Morgan fingerprint density at radius 1 is 1.16 bits per heavy atom. The zero-order valence-electron chi connectivity index (χ0n) is 11.6. The van der Waals surface area contributed by atoms with E-state index in [0.29, 0.717) is 4.90 Å². The van der Waals surface area contributed by atoms with E-state index >= 15 is 0 Å². The Morgan fingerprint density at radius 2 is 1.95 bits per heavy atom. The lowest BCUT2D eigenvalue weighted by atomic mass is 10.1. The van der Waals surface area contributed by atoms with Gasteiger partial charge >= 0.3 is 0 Å². The molecule has 1 fully saturated rings. The number of nitrogens with one attached hydrogen (secondary N) is 2. The molecule has 5 heteroatoms. The van der Waals surface area contributed by atoms with Crippen LogP contribution in [0.5, 0.6) is 0 Å². The molecule has 0 saturated carbocycles. The minimum absolute atomic E-state index is 0.0432. The van der Waals surface area contributed by atoms with Crippen molar-refractivity contribution in [1.29, 1.82) is 0 Å². The van der Waals surface area contributed by atoms with E-state index in [0.717, 1.165) is 43.5 Å². The number of sulfonamides is 1. The summed E-state index contributed by atoms with van der Waals surface area (Å²) in [7, 11) is -3.39. The summed E-state index contributed by atoms with van der Waals surface area (Å²) in [5.41, 5.74) is 2.11. The van der Waals surface area contributed by atoms with Crippen molar-refractivity contribution in [1.82, 2.24) is 10.0 Å². The van der Waals surface area contributed by atoms with Crippen LogP contribution in [0.3, 0.4) is 0 Å². The van der Waals surface area contributed by atoms with Gasteiger partial charge in [-0.2, -0.15) is 0 Å². The average Bonchev–Trinajstić information content (AvgIpc) is 2.60. The van der Waals surface area contributed by atoms with Gasteiger partial charge in [0, 0.05) is 6.04 Å². The molecule has 1 aromatic rings.